The van der Waals surface area contributed by atoms with Crippen LogP contribution >= 0.6 is 0 Å². The summed E-state index contributed by atoms with van der Waals surface area (Å²) in [6.45, 7) is 2.63. The third kappa shape index (κ3) is 7.31. The van der Waals surface area contributed by atoms with Gasteiger partial charge in [0.25, 0.3) is 5.91 Å². The molecule has 0 spiro atoms. The van der Waals surface area contributed by atoms with Gasteiger partial charge in [0.15, 0.2) is 12.6 Å². The standard InChI is InChI=1S/C22H34N4O3S/c1-3-30(28)20-9-5-7-18(13-20)26-22(23-2)24-14-16-6-4-8-19(12-16)29-15-21(27)25-17-10-11-17/h4,6,8,12,17-18,20H,3,5,7,9-11,13-15H2,1-2H3,(H,25,27)(H2,23,24,26). The predicted octanol–water partition coefficient (Wildman–Crippen LogP) is 2.09. The Labute approximate surface area is 181 Å². The highest BCUT2D eigenvalue weighted by Crippen LogP contribution is 2.23. The SMILES string of the molecule is CCS(=O)C1CCCC(NC(=NC)NCc2cccc(OCC(=O)NC3CC3)c2)C1. The lowest BCUT2D eigenvalue weighted by molar-refractivity contribution is -0.123. The number of rotatable bonds is 9. The lowest BCUT2D eigenvalue weighted by Crippen LogP contribution is -2.46. The molecule has 8 heteroatoms. The Hall–Kier alpha value is -2.09. The minimum absolute atomic E-state index is 0.0403. The summed E-state index contributed by atoms with van der Waals surface area (Å²) < 4.78 is 17.8. The summed E-state index contributed by atoms with van der Waals surface area (Å²) >= 11 is 0. The van der Waals surface area contributed by atoms with Crippen molar-refractivity contribution in [1.29, 1.82) is 0 Å². The first kappa shape index (κ1) is 22.6. The van der Waals surface area contributed by atoms with Gasteiger partial charge in [-0.3, -0.25) is 14.0 Å². The minimum atomic E-state index is -0.735. The van der Waals surface area contributed by atoms with Gasteiger partial charge in [0.1, 0.15) is 5.75 Å². The van der Waals surface area contributed by atoms with Crippen LogP contribution in [0.25, 0.3) is 0 Å². The molecule has 0 bridgehead atoms. The molecule has 0 aliphatic heterocycles. The number of amides is 1. The van der Waals surface area contributed by atoms with Crippen molar-refractivity contribution in [2.75, 3.05) is 19.4 Å². The smallest absolute Gasteiger partial charge is 0.258 e. The van der Waals surface area contributed by atoms with Gasteiger partial charge < -0.3 is 20.7 Å². The fourth-order valence-corrected chi connectivity index (χ4v) is 5.06. The summed E-state index contributed by atoms with van der Waals surface area (Å²) in [5, 5.41) is 10.0. The molecule has 3 atom stereocenters. The van der Waals surface area contributed by atoms with Crippen molar-refractivity contribution in [1.82, 2.24) is 16.0 Å². The third-order valence-electron chi connectivity index (χ3n) is 5.52. The van der Waals surface area contributed by atoms with Gasteiger partial charge in [-0.25, -0.2) is 0 Å². The van der Waals surface area contributed by atoms with Crippen LogP contribution in [0.15, 0.2) is 29.3 Å². The van der Waals surface area contributed by atoms with Gasteiger partial charge in [-0.1, -0.05) is 25.5 Å². The predicted molar refractivity (Wildman–Crippen MR) is 121 cm³/mol. The molecule has 3 unspecified atom stereocenters. The Kier molecular flexibility index (Phi) is 8.54. The Bertz CT molecular complexity index is 767. The monoisotopic (exact) mass is 434 g/mol. The first-order valence-corrected chi connectivity index (χ1v) is 12.3. The van der Waals surface area contributed by atoms with Crippen LogP contribution in [0.3, 0.4) is 0 Å². The van der Waals surface area contributed by atoms with Gasteiger partial charge in [0.2, 0.25) is 0 Å². The molecular formula is C22H34N4O3S. The molecule has 7 nitrogen and oxygen atoms in total. The molecule has 2 saturated carbocycles. The van der Waals surface area contributed by atoms with Crippen LogP contribution < -0.4 is 20.7 Å². The Balaban J connectivity index is 1.45. The van der Waals surface area contributed by atoms with Gasteiger partial charge in [-0.15, -0.1) is 0 Å². The van der Waals surface area contributed by atoms with E-state index < -0.39 is 10.8 Å². The number of ether oxygens (including phenoxy) is 1. The molecule has 30 heavy (non-hydrogen) atoms. The highest BCUT2D eigenvalue weighted by molar-refractivity contribution is 7.85. The largest absolute Gasteiger partial charge is 0.484 e. The van der Waals surface area contributed by atoms with E-state index in [9.17, 15) is 9.00 Å². The fourth-order valence-electron chi connectivity index (χ4n) is 3.72. The molecule has 3 N–H and O–H groups in total. The second-order valence-electron chi connectivity index (χ2n) is 8.00. The summed E-state index contributed by atoms with van der Waals surface area (Å²) in [5.41, 5.74) is 1.05. The van der Waals surface area contributed by atoms with E-state index in [1.54, 1.807) is 7.05 Å². The normalized spacial score (nSPS) is 22.8. The maximum atomic E-state index is 12.2. The topological polar surface area (TPSA) is 91.8 Å². The van der Waals surface area contributed by atoms with E-state index in [-0.39, 0.29) is 17.8 Å². The fraction of sp³-hybridized carbons (Fsp3) is 0.636. The third-order valence-corrected chi connectivity index (χ3v) is 7.26. The Morgan fingerprint density at radius 1 is 1.20 bits per heavy atom. The molecule has 166 valence electrons. The summed E-state index contributed by atoms with van der Waals surface area (Å²) in [6.07, 6.45) is 6.28. The van der Waals surface area contributed by atoms with Gasteiger partial charge in [-0.05, 0) is 49.8 Å². The van der Waals surface area contributed by atoms with E-state index in [0.717, 1.165) is 55.8 Å². The molecule has 0 saturated heterocycles. The summed E-state index contributed by atoms with van der Waals surface area (Å²) in [6, 6.07) is 8.37. The molecule has 3 rings (SSSR count). The first-order chi connectivity index (χ1) is 14.6. The molecule has 1 aromatic carbocycles. The van der Waals surface area contributed by atoms with Crippen LogP contribution in [0.2, 0.25) is 0 Å². The number of hydrogen-bond donors (Lipinski definition) is 3. The van der Waals surface area contributed by atoms with Crippen molar-refractivity contribution in [3.8, 4) is 5.75 Å². The first-order valence-electron chi connectivity index (χ1n) is 10.9. The molecular weight excluding hydrogens is 400 g/mol. The second-order valence-corrected chi connectivity index (χ2v) is 10.0. The summed E-state index contributed by atoms with van der Waals surface area (Å²) in [7, 11) is 1.03. The van der Waals surface area contributed by atoms with Gasteiger partial charge in [0, 0.05) is 47.5 Å². The van der Waals surface area contributed by atoms with Crippen LogP contribution in [0, 0.1) is 0 Å². The number of hydrogen-bond acceptors (Lipinski definition) is 4. The maximum Gasteiger partial charge on any atom is 0.258 e. The quantitative estimate of drug-likeness (QED) is 0.409. The maximum absolute atomic E-state index is 12.2. The number of aliphatic imine (C=N–C) groups is 1. The van der Waals surface area contributed by atoms with E-state index >= 15 is 0 Å². The zero-order valence-corrected chi connectivity index (χ0v) is 18.8. The zero-order valence-electron chi connectivity index (χ0n) is 18.0. The molecule has 0 aromatic heterocycles. The molecule has 0 radical (unpaired) electrons. The number of benzene rings is 1. The van der Waals surface area contributed by atoms with Crippen LogP contribution in [0.4, 0.5) is 0 Å². The van der Waals surface area contributed by atoms with Crippen molar-refractivity contribution >= 4 is 22.7 Å². The van der Waals surface area contributed by atoms with Crippen LogP contribution in [-0.4, -0.2) is 52.8 Å². The number of carbonyl (C=O) groups excluding carboxylic acids is 1. The molecule has 1 aromatic rings. The van der Waals surface area contributed by atoms with Gasteiger partial charge >= 0.3 is 0 Å². The summed E-state index contributed by atoms with van der Waals surface area (Å²) in [5.74, 6) is 2.09. The highest BCUT2D eigenvalue weighted by Gasteiger charge is 2.26. The number of carbonyl (C=O) groups is 1. The van der Waals surface area contributed by atoms with Gasteiger partial charge in [0.05, 0.1) is 0 Å². The van der Waals surface area contributed by atoms with Crippen LogP contribution in [-0.2, 0) is 22.1 Å². The van der Waals surface area contributed by atoms with E-state index in [2.05, 4.69) is 20.9 Å². The highest BCUT2D eigenvalue weighted by atomic mass is 32.2. The lowest BCUT2D eigenvalue weighted by Gasteiger charge is -2.30. The van der Waals surface area contributed by atoms with E-state index in [0.29, 0.717) is 24.4 Å². The molecule has 2 aliphatic carbocycles. The number of guanidine groups is 1. The lowest BCUT2D eigenvalue weighted by atomic mass is 9.95. The van der Waals surface area contributed by atoms with E-state index in [1.807, 2.05) is 31.2 Å². The Morgan fingerprint density at radius 3 is 2.77 bits per heavy atom. The van der Waals surface area contributed by atoms with Crippen LogP contribution in [0.1, 0.15) is 51.0 Å². The minimum Gasteiger partial charge on any atom is -0.484 e. The van der Waals surface area contributed by atoms with Crippen molar-refractivity contribution < 1.29 is 13.7 Å². The van der Waals surface area contributed by atoms with Crippen molar-refractivity contribution in [2.45, 2.75) is 69.3 Å². The molecule has 2 fully saturated rings. The average Bonchev–Trinajstić information content (AvgIpc) is 3.59. The summed E-state index contributed by atoms with van der Waals surface area (Å²) in [4.78, 5) is 16.1. The molecule has 0 heterocycles. The number of nitrogens with zero attached hydrogens (tertiary/aromatic N) is 1. The second kappa shape index (κ2) is 11.3. The van der Waals surface area contributed by atoms with Crippen molar-refractivity contribution in [3.63, 3.8) is 0 Å². The molecule has 2 aliphatic rings. The van der Waals surface area contributed by atoms with E-state index in [1.165, 1.54) is 0 Å². The van der Waals surface area contributed by atoms with Crippen molar-refractivity contribution in [3.05, 3.63) is 29.8 Å². The zero-order chi connectivity index (χ0) is 21.3. The van der Waals surface area contributed by atoms with E-state index in [4.69, 9.17) is 4.74 Å². The molecule has 1 amide bonds. The Morgan fingerprint density at radius 2 is 2.03 bits per heavy atom. The van der Waals surface area contributed by atoms with Crippen molar-refractivity contribution in [2.24, 2.45) is 4.99 Å². The van der Waals surface area contributed by atoms with Crippen LogP contribution in [0.5, 0.6) is 5.75 Å². The number of nitrogens with one attached hydrogen (secondary N) is 3. The average molecular weight is 435 g/mol. The van der Waals surface area contributed by atoms with Gasteiger partial charge in [-0.2, -0.15) is 0 Å².